The molecule has 2 heterocycles. The van der Waals surface area contributed by atoms with Crippen LogP contribution in [0.1, 0.15) is 43.7 Å². The molecule has 1 N–H and O–H groups in total. The Balaban J connectivity index is 2.01. The minimum Gasteiger partial charge on any atom is -0.461 e. The molecule has 3 nitrogen and oxygen atoms in total. The molecular formula is C13H19NO2. The number of Topliss-reactive ketones (excluding diaryl/α,β-unsaturated/α-hetero) is 1. The Bertz CT molecular complexity index is 345. The van der Waals surface area contributed by atoms with Crippen molar-refractivity contribution in [1.29, 1.82) is 0 Å². The number of nitrogens with one attached hydrogen (secondary N) is 1. The van der Waals surface area contributed by atoms with E-state index in [1.54, 1.807) is 18.4 Å². The van der Waals surface area contributed by atoms with Gasteiger partial charge in [0.15, 0.2) is 5.76 Å². The van der Waals surface area contributed by atoms with E-state index < -0.39 is 0 Å². The number of hydrogen-bond donors (Lipinski definition) is 1. The minimum absolute atomic E-state index is 0.00565. The Kier molecular flexibility index (Phi) is 3.44. The Morgan fingerprint density at radius 2 is 2.38 bits per heavy atom. The van der Waals surface area contributed by atoms with E-state index >= 15 is 0 Å². The van der Waals surface area contributed by atoms with Gasteiger partial charge in [-0.1, -0.05) is 13.3 Å². The van der Waals surface area contributed by atoms with E-state index in [0.29, 0.717) is 17.8 Å². The van der Waals surface area contributed by atoms with E-state index in [2.05, 4.69) is 12.2 Å². The summed E-state index contributed by atoms with van der Waals surface area (Å²) >= 11 is 0. The van der Waals surface area contributed by atoms with Crippen LogP contribution in [0.3, 0.4) is 0 Å². The molecule has 1 aliphatic rings. The van der Waals surface area contributed by atoms with Gasteiger partial charge in [0.05, 0.1) is 6.26 Å². The van der Waals surface area contributed by atoms with Crippen LogP contribution in [0.4, 0.5) is 0 Å². The number of hydrogen-bond acceptors (Lipinski definition) is 3. The van der Waals surface area contributed by atoms with Crippen molar-refractivity contribution in [3.8, 4) is 0 Å². The van der Waals surface area contributed by atoms with Crippen LogP contribution >= 0.6 is 0 Å². The van der Waals surface area contributed by atoms with Crippen LogP contribution in [0, 0.1) is 5.92 Å². The van der Waals surface area contributed by atoms with Gasteiger partial charge in [0.2, 0.25) is 5.78 Å². The third-order valence-electron chi connectivity index (χ3n) is 3.43. The monoisotopic (exact) mass is 221 g/mol. The molecule has 3 unspecified atom stereocenters. The summed E-state index contributed by atoms with van der Waals surface area (Å²) in [5, 5.41) is 3.50. The number of furan rings is 1. The molecular weight excluding hydrogens is 202 g/mol. The van der Waals surface area contributed by atoms with Crippen LogP contribution < -0.4 is 5.32 Å². The zero-order valence-electron chi connectivity index (χ0n) is 9.90. The van der Waals surface area contributed by atoms with Crippen molar-refractivity contribution in [3.63, 3.8) is 0 Å². The van der Waals surface area contributed by atoms with Gasteiger partial charge in [-0.15, -0.1) is 0 Å². The largest absolute Gasteiger partial charge is 0.461 e. The fourth-order valence-corrected chi connectivity index (χ4v) is 2.40. The van der Waals surface area contributed by atoms with Crippen LogP contribution in [-0.4, -0.2) is 17.9 Å². The van der Waals surface area contributed by atoms with Crippen molar-refractivity contribution in [2.75, 3.05) is 0 Å². The standard InChI is InChI=1S/C13H19NO2/c1-9-5-3-6-11(14-9)10(2)13(15)12-7-4-8-16-12/h4,7-11,14H,3,5-6H2,1-2H3. The third kappa shape index (κ3) is 2.35. The third-order valence-corrected chi connectivity index (χ3v) is 3.43. The zero-order chi connectivity index (χ0) is 11.5. The van der Waals surface area contributed by atoms with Crippen molar-refractivity contribution < 1.29 is 9.21 Å². The van der Waals surface area contributed by atoms with Gasteiger partial charge in [0.1, 0.15) is 0 Å². The summed E-state index contributed by atoms with van der Waals surface area (Å²) in [7, 11) is 0. The number of rotatable bonds is 3. The van der Waals surface area contributed by atoms with Crippen molar-refractivity contribution in [3.05, 3.63) is 24.2 Å². The van der Waals surface area contributed by atoms with Crippen molar-refractivity contribution >= 4 is 5.78 Å². The second-order valence-corrected chi connectivity index (χ2v) is 4.74. The first kappa shape index (κ1) is 11.4. The summed E-state index contributed by atoms with van der Waals surface area (Å²) in [6, 6.07) is 4.31. The minimum atomic E-state index is -0.00565. The molecule has 1 aromatic heterocycles. The topological polar surface area (TPSA) is 42.2 Å². The normalized spacial score (nSPS) is 27.6. The number of ketones is 1. The summed E-state index contributed by atoms with van der Waals surface area (Å²) in [6.45, 7) is 4.16. The van der Waals surface area contributed by atoms with E-state index in [-0.39, 0.29) is 11.7 Å². The second kappa shape index (κ2) is 4.83. The van der Waals surface area contributed by atoms with E-state index in [0.717, 1.165) is 6.42 Å². The molecule has 0 spiro atoms. The van der Waals surface area contributed by atoms with Crippen LogP contribution in [0.5, 0.6) is 0 Å². The first-order valence-corrected chi connectivity index (χ1v) is 6.02. The average molecular weight is 221 g/mol. The summed E-state index contributed by atoms with van der Waals surface area (Å²) in [6.07, 6.45) is 5.04. The maximum Gasteiger partial charge on any atom is 0.202 e. The predicted octanol–water partition coefficient (Wildman–Crippen LogP) is 2.63. The zero-order valence-corrected chi connectivity index (χ0v) is 9.90. The smallest absolute Gasteiger partial charge is 0.202 e. The summed E-state index contributed by atoms with van der Waals surface area (Å²) in [5.74, 6) is 0.582. The van der Waals surface area contributed by atoms with E-state index in [1.165, 1.54) is 12.8 Å². The molecule has 0 radical (unpaired) electrons. The molecule has 1 aromatic rings. The molecule has 1 fully saturated rings. The molecule has 0 amide bonds. The van der Waals surface area contributed by atoms with Crippen LogP contribution in [0.15, 0.2) is 22.8 Å². The number of piperidine rings is 1. The molecule has 0 aromatic carbocycles. The first-order chi connectivity index (χ1) is 7.68. The van der Waals surface area contributed by atoms with Gasteiger partial charge in [-0.3, -0.25) is 4.79 Å². The molecule has 3 atom stereocenters. The highest BCUT2D eigenvalue weighted by Gasteiger charge is 2.29. The van der Waals surface area contributed by atoms with Crippen LogP contribution in [-0.2, 0) is 0 Å². The highest BCUT2D eigenvalue weighted by Crippen LogP contribution is 2.21. The molecule has 0 bridgehead atoms. The van der Waals surface area contributed by atoms with Gasteiger partial charge in [-0.25, -0.2) is 0 Å². The van der Waals surface area contributed by atoms with Crippen molar-refractivity contribution in [2.24, 2.45) is 5.92 Å². The maximum atomic E-state index is 12.1. The van der Waals surface area contributed by atoms with Crippen molar-refractivity contribution in [1.82, 2.24) is 5.32 Å². The molecule has 3 heteroatoms. The van der Waals surface area contributed by atoms with Gasteiger partial charge < -0.3 is 9.73 Å². The molecule has 88 valence electrons. The lowest BCUT2D eigenvalue weighted by molar-refractivity contribution is 0.0855. The van der Waals surface area contributed by atoms with Gasteiger partial charge in [-0.2, -0.15) is 0 Å². The average Bonchev–Trinajstić information content (AvgIpc) is 2.80. The van der Waals surface area contributed by atoms with Gasteiger partial charge >= 0.3 is 0 Å². The number of carbonyl (C=O) groups is 1. The van der Waals surface area contributed by atoms with Crippen molar-refractivity contribution in [2.45, 2.75) is 45.2 Å². The molecule has 1 aliphatic heterocycles. The van der Waals surface area contributed by atoms with Gasteiger partial charge in [0.25, 0.3) is 0 Å². The Morgan fingerprint density at radius 3 is 3.00 bits per heavy atom. The fourth-order valence-electron chi connectivity index (χ4n) is 2.40. The second-order valence-electron chi connectivity index (χ2n) is 4.74. The van der Waals surface area contributed by atoms with E-state index in [1.807, 2.05) is 6.92 Å². The summed E-state index contributed by atoms with van der Waals surface area (Å²) < 4.78 is 5.16. The molecule has 0 saturated carbocycles. The van der Waals surface area contributed by atoms with E-state index in [9.17, 15) is 4.79 Å². The maximum absolute atomic E-state index is 12.1. The Hall–Kier alpha value is -1.09. The highest BCUT2D eigenvalue weighted by molar-refractivity contribution is 5.95. The molecule has 1 saturated heterocycles. The van der Waals surface area contributed by atoms with Gasteiger partial charge in [-0.05, 0) is 31.9 Å². The van der Waals surface area contributed by atoms with Crippen LogP contribution in [0.25, 0.3) is 0 Å². The molecule has 2 rings (SSSR count). The predicted molar refractivity (Wildman–Crippen MR) is 62.4 cm³/mol. The Morgan fingerprint density at radius 1 is 1.56 bits per heavy atom. The van der Waals surface area contributed by atoms with Gasteiger partial charge in [0, 0.05) is 18.0 Å². The van der Waals surface area contributed by atoms with Crippen LogP contribution in [0.2, 0.25) is 0 Å². The van der Waals surface area contributed by atoms with E-state index in [4.69, 9.17) is 4.42 Å². The summed E-state index contributed by atoms with van der Waals surface area (Å²) in [5.41, 5.74) is 0. The first-order valence-electron chi connectivity index (χ1n) is 6.02. The number of carbonyl (C=O) groups excluding carboxylic acids is 1. The molecule has 0 aliphatic carbocycles. The lowest BCUT2D eigenvalue weighted by Gasteiger charge is -2.32. The Labute approximate surface area is 96.2 Å². The quantitative estimate of drug-likeness (QED) is 0.798. The lowest BCUT2D eigenvalue weighted by Crippen LogP contribution is -2.46. The molecule has 16 heavy (non-hydrogen) atoms. The highest BCUT2D eigenvalue weighted by atomic mass is 16.3. The fraction of sp³-hybridized carbons (Fsp3) is 0.615. The SMILES string of the molecule is CC1CCCC(C(C)C(=O)c2ccco2)N1. The summed E-state index contributed by atoms with van der Waals surface area (Å²) in [4.78, 5) is 12.1. The lowest BCUT2D eigenvalue weighted by atomic mass is 9.87.